The molecule has 1 N–H and O–H groups in total. The number of carbonyl (C=O) groups is 1. The van der Waals surface area contributed by atoms with E-state index in [1.165, 1.54) is 19.3 Å². The molecule has 17 heavy (non-hydrogen) atoms. The van der Waals surface area contributed by atoms with Crippen LogP contribution in [-0.4, -0.2) is 16.8 Å². The van der Waals surface area contributed by atoms with Gasteiger partial charge in [0, 0.05) is 17.8 Å². The van der Waals surface area contributed by atoms with Crippen molar-refractivity contribution in [3.63, 3.8) is 0 Å². The second-order valence-electron chi connectivity index (χ2n) is 4.53. The molecule has 0 saturated carbocycles. The van der Waals surface area contributed by atoms with Gasteiger partial charge in [0.05, 0.1) is 0 Å². The van der Waals surface area contributed by atoms with E-state index in [-0.39, 0.29) is 5.78 Å². The Morgan fingerprint density at radius 2 is 2.18 bits per heavy atom. The highest BCUT2D eigenvalue weighted by molar-refractivity contribution is 5.93. The zero-order valence-corrected chi connectivity index (χ0v) is 11.0. The molecule has 0 aromatic carbocycles. The summed E-state index contributed by atoms with van der Waals surface area (Å²) in [6.45, 7) is 5.92. The number of unbranched alkanes of at least 4 members (excludes halogenated alkanes) is 2. The Hall–Kier alpha value is -1.38. The fourth-order valence-corrected chi connectivity index (χ4v) is 1.71. The number of nitrogens with one attached hydrogen (secondary N) is 1. The van der Waals surface area contributed by atoms with E-state index < -0.39 is 0 Å². The molecule has 1 rings (SSSR count). The highest BCUT2D eigenvalue weighted by Crippen LogP contribution is 2.10. The lowest BCUT2D eigenvalue weighted by molar-refractivity contribution is 0.101. The fraction of sp³-hybridized carbons (Fsp3) is 0.571. The summed E-state index contributed by atoms with van der Waals surface area (Å²) in [7, 11) is 0. The molecule has 0 radical (unpaired) electrons. The fourth-order valence-electron chi connectivity index (χ4n) is 1.71. The Balaban J connectivity index is 2.43. The van der Waals surface area contributed by atoms with Crippen molar-refractivity contribution in [1.82, 2.24) is 4.98 Å². The number of rotatable bonds is 7. The van der Waals surface area contributed by atoms with Gasteiger partial charge < -0.3 is 5.32 Å². The largest absolute Gasteiger partial charge is 0.368 e. The van der Waals surface area contributed by atoms with Crippen molar-refractivity contribution in [1.29, 1.82) is 0 Å². The first kappa shape index (κ1) is 13.7. The Morgan fingerprint density at radius 1 is 1.41 bits per heavy atom. The van der Waals surface area contributed by atoms with Gasteiger partial charge in [0.2, 0.25) is 0 Å². The van der Waals surface area contributed by atoms with Crippen LogP contribution in [0.15, 0.2) is 18.3 Å². The van der Waals surface area contributed by atoms with Gasteiger partial charge in [-0.2, -0.15) is 0 Å². The van der Waals surface area contributed by atoms with Crippen LogP contribution in [0.1, 0.15) is 56.8 Å². The lowest BCUT2D eigenvalue weighted by Crippen LogP contribution is -2.15. The Kier molecular flexibility index (Phi) is 5.67. The number of carbonyl (C=O) groups excluding carboxylic acids is 1. The number of anilines is 1. The summed E-state index contributed by atoms with van der Waals surface area (Å²) in [5.74, 6) is 0.902. The lowest BCUT2D eigenvalue weighted by atomic mass is 10.1. The summed E-state index contributed by atoms with van der Waals surface area (Å²) in [6, 6.07) is 4.11. The first-order valence-electron chi connectivity index (χ1n) is 6.37. The third-order valence-corrected chi connectivity index (χ3v) is 2.80. The smallest absolute Gasteiger partial charge is 0.161 e. The van der Waals surface area contributed by atoms with E-state index in [0.29, 0.717) is 11.6 Å². The Bertz CT molecular complexity index is 346. The number of pyridine rings is 1. The van der Waals surface area contributed by atoms with Gasteiger partial charge in [0.1, 0.15) is 5.82 Å². The van der Waals surface area contributed by atoms with E-state index >= 15 is 0 Å². The van der Waals surface area contributed by atoms with Crippen LogP contribution in [0.3, 0.4) is 0 Å². The van der Waals surface area contributed by atoms with Crippen molar-refractivity contribution in [3.05, 3.63) is 23.9 Å². The number of hydrogen-bond donors (Lipinski definition) is 1. The topological polar surface area (TPSA) is 42.0 Å². The van der Waals surface area contributed by atoms with Crippen LogP contribution in [0.2, 0.25) is 0 Å². The SMILES string of the molecule is CCCCCC(C)Nc1ccc(C(C)=O)cn1. The molecule has 0 spiro atoms. The minimum absolute atomic E-state index is 0.0556. The van der Waals surface area contributed by atoms with Gasteiger partial charge in [-0.1, -0.05) is 26.2 Å². The van der Waals surface area contributed by atoms with Gasteiger partial charge in [-0.05, 0) is 32.4 Å². The molecule has 0 amide bonds. The van der Waals surface area contributed by atoms with Crippen LogP contribution in [0.4, 0.5) is 5.82 Å². The molecule has 3 heteroatoms. The monoisotopic (exact) mass is 234 g/mol. The van der Waals surface area contributed by atoms with Gasteiger partial charge in [-0.25, -0.2) is 4.98 Å². The molecule has 0 fully saturated rings. The van der Waals surface area contributed by atoms with E-state index in [0.717, 1.165) is 12.2 Å². The summed E-state index contributed by atoms with van der Waals surface area (Å²) >= 11 is 0. The van der Waals surface area contributed by atoms with Crippen molar-refractivity contribution in [2.24, 2.45) is 0 Å². The summed E-state index contributed by atoms with van der Waals surface area (Å²) in [6.07, 6.45) is 6.56. The number of hydrogen-bond acceptors (Lipinski definition) is 3. The molecule has 0 aliphatic carbocycles. The molecule has 1 heterocycles. The van der Waals surface area contributed by atoms with Crippen LogP contribution in [0.25, 0.3) is 0 Å². The third-order valence-electron chi connectivity index (χ3n) is 2.80. The van der Waals surface area contributed by atoms with Gasteiger partial charge in [-0.3, -0.25) is 4.79 Å². The minimum Gasteiger partial charge on any atom is -0.368 e. The maximum atomic E-state index is 11.1. The van der Waals surface area contributed by atoms with Crippen LogP contribution in [0, 0.1) is 0 Å². The van der Waals surface area contributed by atoms with Crippen molar-refractivity contribution in [2.75, 3.05) is 5.32 Å². The predicted octanol–water partition coefficient (Wildman–Crippen LogP) is 3.66. The summed E-state index contributed by atoms with van der Waals surface area (Å²) in [4.78, 5) is 15.3. The maximum Gasteiger partial charge on any atom is 0.161 e. The summed E-state index contributed by atoms with van der Waals surface area (Å²) in [5.41, 5.74) is 0.661. The summed E-state index contributed by atoms with van der Waals surface area (Å²) in [5, 5.41) is 3.34. The molecular weight excluding hydrogens is 212 g/mol. The highest BCUT2D eigenvalue weighted by Gasteiger charge is 2.04. The number of aromatic nitrogens is 1. The van der Waals surface area contributed by atoms with Crippen LogP contribution < -0.4 is 5.32 Å². The van der Waals surface area contributed by atoms with Gasteiger partial charge in [0.15, 0.2) is 5.78 Å². The number of nitrogens with zero attached hydrogens (tertiary/aromatic N) is 1. The average Bonchev–Trinajstić information content (AvgIpc) is 2.30. The van der Waals surface area contributed by atoms with Crippen molar-refractivity contribution < 1.29 is 4.79 Å². The van der Waals surface area contributed by atoms with E-state index in [2.05, 4.69) is 24.1 Å². The highest BCUT2D eigenvalue weighted by atomic mass is 16.1. The zero-order valence-electron chi connectivity index (χ0n) is 11.0. The van der Waals surface area contributed by atoms with E-state index in [1.54, 1.807) is 13.1 Å². The third kappa shape index (κ3) is 4.98. The second kappa shape index (κ2) is 7.05. The maximum absolute atomic E-state index is 11.1. The van der Waals surface area contributed by atoms with Crippen LogP contribution >= 0.6 is 0 Å². The van der Waals surface area contributed by atoms with Crippen LogP contribution in [0.5, 0.6) is 0 Å². The van der Waals surface area contributed by atoms with Crippen molar-refractivity contribution in [3.8, 4) is 0 Å². The average molecular weight is 234 g/mol. The van der Waals surface area contributed by atoms with Gasteiger partial charge >= 0.3 is 0 Å². The number of ketones is 1. The second-order valence-corrected chi connectivity index (χ2v) is 4.53. The molecule has 3 nitrogen and oxygen atoms in total. The minimum atomic E-state index is 0.0556. The van der Waals surface area contributed by atoms with Gasteiger partial charge in [-0.15, -0.1) is 0 Å². The van der Waals surface area contributed by atoms with E-state index in [9.17, 15) is 4.79 Å². The molecule has 1 atom stereocenters. The first-order chi connectivity index (χ1) is 8.13. The quantitative estimate of drug-likeness (QED) is 0.578. The Labute approximate surface area is 104 Å². The molecule has 1 aromatic rings. The molecule has 0 aliphatic rings. The van der Waals surface area contributed by atoms with Gasteiger partial charge in [0.25, 0.3) is 0 Å². The normalized spacial score (nSPS) is 12.2. The summed E-state index contributed by atoms with van der Waals surface area (Å²) < 4.78 is 0. The molecule has 0 saturated heterocycles. The van der Waals surface area contributed by atoms with E-state index in [1.807, 2.05) is 12.1 Å². The lowest BCUT2D eigenvalue weighted by Gasteiger charge is -2.14. The molecule has 1 aromatic heterocycles. The molecular formula is C14H22N2O. The van der Waals surface area contributed by atoms with E-state index in [4.69, 9.17) is 0 Å². The standard InChI is InChI=1S/C14H22N2O/c1-4-5-6-7-11(2)16-14-9-8-13(10-15-14)12(3)17/h8-11H,4-7H2,1-3H3,(H,15,16). The van der Waals surface area contributed by atoms with Crippen molar-refractivity contribution in [2.45, 2.75) is 52.5 Å². The molecule has 94 valence electrons. The van der Waals surface area contributed by atoms with Crippen molar-refractivity contribution >= 4 is 11.6 Å². The zero-order chi connectivity index (χ0) is 12.7. The Morgan fingerprint density at radius 3 is 2.71 bits per heavy atom. The molecule has 0 aliphatic heterocycles. The molecule has 0 bridgehead atoms. The van der Waals surface area contributed by atoms with Crippen LogP contribution in [-0.2, 0) is 0 Å². The first-order valence-corrected chi connectivity index (χ1v) is 6.37. The number of Topliss-reactive ketones (excluding diaryl/α,β-unsaturated/α-hetero) is 1. The predicted molar refractivity (Wildman–Crippen MR) is 71.5 cm³/mol. The molecule has 1 unspecified atom stereocenters.